The monoisotopic (exact) mass is 294 g/mol. The average molecular weight is 294 g/mol. The third-order valence-electron chi connectivity index (χ3n) is 2.77. The van der Waals surface area contributed by atoms with Crippen molar-refractivity contribution >= 4 is 17.3 Å². The minimum absolute atomic E-state index is 0.445. The SMILES string of the molecule is CN(C)CCCNC(=S)N(CCC#N)Cc1ccco1. The molecule has 0 bridgehead atoms. The standard InChI is InChI=1S/C14H22N4OS/c1-17(2)9-5-8-16-14(20)18(10-4-7-15)12-13-6-3-11-19-13/h3,6,11H,4-5,8-10,12H2,1-2H3,(H,16,20). The van der Waals surface area contributed by atoms with Crippen molar-refractivity contribution in [1.82, 2.24) is 15.1 Å². The van der Waals surface area contributed by atoms with E-state index in [-0.39, 0.29) is 0 Å². The minimum atomic E-state index is 0.445. The lowest BCUT2D eigenvalue weighted by molar-refractivity contribution is 0.359. The molecule has 1 aromatic rings. The number of nitrogens with one attached hydrogen (secondary N) is 1. The summed E-state index contributed by atoms with van der Waals surface area (Å²) in [6, 6.07) is 5.91. The molecule has 1 rings (SSSR count). The van der Waals surface area contributed by atoms with Crippen molar-refractivity contribution in [2.45, 2.75) is 19.4 Å². The Balaban J connectivity index is 2.41. The van der Waals surface area contributed by atoms with Crippen molar-refractivity contribution in [3.05, 3.63) is 24.2 Å². The number of rotatable bonds is 8. The maximum Gasteiger partial charge on any atom is 0.169 e. The maximum absolute atomic E-state index is 8.73. The fourth-order valence-electron chi connectivity index (χ4n) is 1.73. The summed E-state index contributed by atoms with van der Waals surface area (Å²) in [5, 5.41) is 12.6. The van der Waals surface area contributed by atoms with Gasteiger partial charge in [0.1, 0.15) is 5.76 Å². The zero-order valence-corrected chi connectivity index (χ0v) is 12.9. The molecule has 1 aromatic heterocycles. The Morgan fingerprint density at radius 1 is 1.45 bits per heavy atom. The number of thiocarbonyl (C=S) groups is 1. The zero-order chi connectivity index (χ0) is 14.8. The molecule has 0 aliphatic carbocycles. The van der Waals surface area contributed by atoms with Crippen LogP contribution >= 0.6 is 12.2 Å². The van der Waals surface area contributed by atoms with E-state index in [1.807, 2.05) is 17.0 Å². The van der Waals surface area contributed by atoms with E-state index in [9.17, 15) is 0 Å². The van der Waals surface area contributed by atoms with Gasteiger partial charge < -0.3 is 19.5 Å². The molecular formula is C14H22N4OS. The first-order chi connectivity index (χ1) is 9.63. The zero-order valence-electron chi connectivity index (χ0n) is 12.1. The Labute approximate surface area is 126 Å². The highest BCUT2D eigenvalue weighted by Crippen LogP contribution is 2.06. The topological polar surface area (TPSA) is 55.4 Å². The number of nitrogens with zero attached hydrogens (tertiary/aromatic N) is 3. The minimum Gasteiger partial charge on any atom is -0.467 e. The predicted molar refractivity (Wildman–Crippen MR) is 83.1 cm³/mol. The summed E-state index contributed by atoms with van der Waals surface area (Å²) >= 11 is 5.39. The van der Waals surface area contributed by atoms with Gasteiger partial charge >= 0.3 is 0 Å². The lowest BCUT2D eigenvalue weighted by Gasteiger charge is -2.24. The molecule has 0 saturated carbocycles. The van der Waals surface area contributed by atoms with Gasteiger partial charge in [0.15, 0.2) is 5.11 Å². The van der Waals surface area contributed by atoms with Crippen LogP contribution < -0.4 is 5.32 Å². The molecule has 0 spiro atoms. The second-order valence-corrected chi connectivity index (χ2v) is 5.18. The molecule has 0 aliphatic heterocycles. The van der Waals surface area contributed by atoms with Gasteiger partial charge in [-0.2, -0.15) is 5.26 Å². The van der Waals surface area contributed by atoms with Crippen LogP contribution in [0.2, 0.25) is 0 Å². The van der Waals surface area contributed by atoms with Crippen molar-refractivity contribution in [1.29, 1.82) is 5.26 Å². The van der Waals surface area contributed by atoms with Crippen LogP contribution in [0.1, 0.15) is 18.6 Å². The van der Waals surface area contributed by atoms with Crippen molar-refractivity contribution in [2.24, 2.45) is 0 Å². The average Bonchev–Trinajstić information content (AvgIpc) is 2.92. The molecule has 0 radical (unpaired) electrons. The van der Waals surface area contributed by atoms with Crippen LogP contribution in [0.25, 0.3) is 0 Å². The molecule has 1 N–H and O–H groups in total. The van der Waals surface area contributed by atoms with E-state index >= 15 is 0 Å². The molecule has 0 atom stereocenters. The quantitative estimate of drug-likeness (QED) is 0.583. The second-order valence-electron chi connectivity index (χ2n) is 4.80. The van der Waals surface area contributed by atoms with Crippen molar-refractivity contribution in [2.75, 3.05) is 33.7 Å². The molecule has 6 heteroatoms. The molecule has 0 amide bonds. The van der Waals surface area contributed by atoms with Gasteiger partial charge in [-0.15, -0.1) is 0 Å². The van der Waals surface area contributed by atoms with Crippen LogP contribution in [-0.2, 0) is 6.54 Å². The van der Waals surface area contributed by atoms with Gasteiger partial charge in [0.05, 0.1) is 25.3 Å². The van der Waals surface area contributed by atoms with Gasteiger partial charge in [-0.25, -0.2) is 0 Å². The van der Waals surface area contributed by atoms with Crippen LogP contribution in [0.5, 0.6) is 0 Å². The maximum atomic E-state index is 8.73. The Hall–Kier alpha value is -1.58. The van der Waals surface area contributed by atoms with Crippen LogP contribution in [-0.4, -0.2) is 48.6 Å². The number of furan rings is 1. The fourth-order valence-corrected chi connectivity index (χ4v) is 1.99. The van der Waals surface area contributed by atoms with Gasteiger partial charge in [-0.3, -0.25) is 0 Å². The normalized spacial score (nSPS) is 10.3. The predicted octanol–water partition coefficient (Wildman–Crippen LogP) is 1.82. The molecule has 0 aromatic carbocycles. The third kappa shape index (κ3) is 6.55. The van der Waals surface area contributed by atoms with Gasteiger partial charge in [-0.1, -0.05) is 0 Å². The van der Waals surface area contributed by atoms with Gasteiger partial charge in [-0.05, 0) is 51.4 Å². The second kappa shape index (κ2) is 9.34. The van der Waals surface area contributed by atoms with E-state index in [4.69, 9.17) is 21.9 Å². The molecule has 110 valence electrons. The molecule has 20 heavy (non-hydrogen) atoms. The van der Waals surface area contributed by atoms with E-state index < -0.39 is 0 Å². The summed E-state index contributed by atoms with van der Waals surface area (Å²) < 4.78 is 5.33. The molecule has 1 heterocycles. The fraction of sp³-hybridized carbons (Fsp3) is 0.571. The lowest BCUT2D eigenvalue weighted by atomic mass is 10.3. The van der Waals surface area contributed by atoms with Gasteiger partial charge in [0.2, 0.25) is 0 Å². The first kappa shape index (κ1) is 16.5. The summed E-state index contributed by atoms with van der Waals surface area (Å²) in [6.45, 7) is 3.05. The smallest absolute Gasteiger partial charge is 0.169 e. The largest absolute Gasteiger partial charge is 0.467 e. The molecule has 0 fully saturated rings. The summed E-state index contributed by atoms with van der Waals surface area (Å²) in [7, 11) is 4.10. The van der Waals surface area contributed by atoms with E-state index in [0.29, 0.717) is 24.6 Å². The van der Waals surface area contributed by atoms with Gasteiger partial charge in [0, 0.05) is 13.1 Å². The Morgan fingerprint density at radius 3 is 2.85 bits per heavy atom. The Kier molecular flexibility index (Phi) is 7.70. The Bertz CT molecular complexity index is 425. The van der Waals surface area contributed by atoms with E-state index in [2.05, 4.69) is 30.4 Å². The number of hydrogen-bond acceptors (Lipinski definition) is 4. The lowest BCUT2D eigenvalue weighted by Crippen LogP contribution is -2.40. The van der Waals surface area contributed by atoms with E-state index in [1.54, 1.807) is 6.26 Å². The van der Waals surface area contributed by atoms with Crippen molar-refractivity contribution < 1.29 is 4.42 Å². The first-order valence-electron chi connectivity index (χ1n) is 6.70. The number of hydrogen-bond donors (Lipinski definition) is 1. The highest BCUT2D eigenvalue weighted by Gasteiger charge is 2.11. The van der Waals surface area contributed by atoms with Crippen LogP contribution in [0.3, 0.4) is 0 Å². The highest BCUT2D eigenvalue weighted by molar-refractivity contribution is 7.80. The molecule has 5 nitrogen and oxygen atoms in total. The first-order valence-corrected chi connectivity index (χ1v) is 7.11. The summed E-state index contributed by atoms with van der Waals surface area (Å²) in [5.74, 6) is 0.848. The molecule has 0 saturated heterocycles. The highest BCUT2D eigenvalue weighted by atomic mass is 32.1. The molecular weight excluding hydrogens is 272 g/mol. The third-order valence-corrected chi connectivity index (χ3v) is 3.17. The van der Waals surface area contributed by atoms with Crippen LogP contribution in [0, 0.1) is 11.3 Å². The summed E-state index contributed by atoms with van der Waals surface area (Å²) in [5.41, 5.74) is 0. The van der Waals surface area contributed by atoms with Gasteiger partial charge in [0.25, 0.3) is 0 Å². The summed E-state index contributed by atoms with van der Waals surface area (Å²) in [6.07, 6.45) is 3.12. The summed E-state index contributed by atoms with van der Waals surface area (Å²) in [4.78, 5) is 4.11. The number of nitriles is 1. The molecule has 0 aliphatic rings. The van der Waals surface area contributed by atoms with Crippen LogP contribution in [0.15, 0.2) is 22.8 Å². The Morgan fingerprint density at radius 2 is 2.25 bits per heavy atom. The van der Waals surface area contributed by atoms with E-state index in [0.717, 1.165) is 25.3 Å². The van der Waals surface area contributed by atoms with Crippen molar-refractivity contribution in [3.63, 3.8) is 0 Å². The van der Waals surface area contributed by atoms with Crippen LogP contribution in [0.4, 0.5) is 0 Å². The van der Waals surface area contributed by atoms with Crippen molar-refractivity contribution in [3.8, 4) is 6.07 Å². The molecule has 0 unspecified atom stereocenters. The van der Waals surface area contributed by atoms with E-state index in [1.165, 1.54) is 0 Å².